The third-order valence-corrected chi connectivity index (χ3v) is 4.36. The summed E-state index contributed by atoms with van der Waals surface area (Å²) in [6.07, 6.45) is 0.0297. The number of rotatable bonds is 5. The number of carboxylic acid groups (broad SMARTS) is 1. The number of thiazole rings is 1. The van der Waals surface area contributed by atoms with Crippen LogP contribution in [0, 0.1) is 5.82 Å². The predicted octanol–water partition coefficient (Wildman–Crippen LogP) is 2.85. The minimum Gasteiger partial charge on any atom is -0.480 e. The highest BCUT2D eigenvalue weighted by atomic mass is 32.1. The molecule has 2 aromatic carbocycles. The van der Waals surface area contributed by atoms with E-state index in [-0.39, 0.29) is 18.1 Å². The van der Waals surface area contributed by atoms with Gasteiger partial charge in [-0.3, -0.25) is 9.59 Å². The molecular weight excluding hydrogens is 331 g/mol. The fourth-order valence-corrected chi connectivity index (χ4v) is 3.27. The number of carbonyl (C=O) groups is 2. The summed E-state index contributed by atoms with van der Waals surface area (Å²) in [5.74, 6) is -1.78. The van der Waals surface area contributed by atoms with Crippen LogP contribution < -0.4 is 5.32 Å². The lowest BCUT2D eigenvalue weighted by Crippen LogP contribution is -2.30. The number of hydrogen-bond acceptors (Lipinski definition) is 4. The van der Waals surface area contributed by atoms with Gasteiger partial charge in [0.15, 0.2) is 0 Å². The second kappa shape index (κ2) is 6.76. The Morgan fingerprint density at radius 3 is 2.71 bits per heavy atom. The molecule has 1 heterocycles. The molecule has 0 saturated carbocycles. The standard InChI is InChI=1S/C17H13FN2O3S/c18-12-3-1-2-10(6-12)11-4-5-13-14(7-11)24-16(20-13)8-15(21)19-9-17(22)23/h1-7H,8-9H2,(H,19,21)(H,22,23). The molecule has 0 spiro atoms. The molecule has 0 atom stereocenters. The Morgan fingerprint density at radius 1 is 1.17 bits per heavy atom. The molecular formula is C17H13FN2O3S. The van der Waals surface area contributed by atoms with Crippen LogP contribution >= 0.6 is 11.3 Å². The van der Waals surface area contributed by atoms with Crippen LogP contribution in [0.5, 0.6) is 0 Å². The van der Waals surface area contributed by atoms with Crippen LogP contribution in [-0.2, 0) is 16.0 Å². The zero-order chi connectivity index (χ0) is 17.1. The molecule has 2 N–H and O–H groups in total. The minimum absolute atomic E-state index is 0.0297. The molecule has 1 aromatic heterocycles. The molecule has 0 unspecified atom stereocenters. The predicted molar refractivity (Wildman–Crippen MR) is 89.4 cm³/mol. The lowest BCUT2D eigenvalue weighted by Gasteiger charge is -2.01. The first-order valence-electron chi connectivity index (χ1n) is 7.15. The summed E-state index contributed by atoms with van der Waals surface area (Å²) in [6, 6.07) is 11.9. The van der Waals surface area contributed by atoms with Crippen molar-refractivity contribution >= 4 is 33.4 Å². The Bertz CT molecular complexity index is 923. The van der Waals surface area contributed by atoms with Crippen molar-refractivity contribution in [3.8, 4) is 11.1 Å². The molecule has 0 radical (unpaired) electrons. The van der Waals surface area contributed by atoms with Gasteiger partial charge >= 0.3 is 5.97 Å². The van der Waals surface area contributed by atoms with Crippen LogP contribution in [0.2, 0.25) is 0 Å². The number of carboxylic acids is 1. The number of aliphatic carboxylic acids is 1. The molecule has 1 amide bonds. The van der Waals surface area contributed by atoms with E-state index in [9.17, 15) is 14.0 Å². The van der Waals surface area contributed by atoms with Crippen LogP contribution in [0.3, 0.4) is 0 Å². The molecule has 0 aliphatic rings. The molecule has 0 aliphatic carbocycles. The highest BCUT2D eigenvalue weighted by Gasteiger charge is 2.11. The number of amides is 1. The topological polar surface area (TPSA) is 79.3 Å². The minimum atomic E-state index is -1.09. The van der Waals surface area contributed by atoms with Gasteiger partial charge in [-0.1, -0.05) is 18.2 Å². The maximum atomic E-state index is 13.3. The third-order valence-electron chi connectivity index (χ3n) is 3.34. The molecule has 7 heteroatoms. The van der Waals surface area contributed by atoms with Crippen molar-refractivity contribution in [2.24, 2.45) is 0 Å². The number of fused-ring (bicyclic) bond motifs is 1. The Morgan fingerprint density at radius 2 is 1.96 bits per heavy atom. The van der Waals surface area contributed by atoms with Crippen molar-refractivity contribution in [2.75, 3.05) is 6.54 Å². The molecule has 3 rings (SSSR count). The first kappa shape index (κ1) is 16.1. The lowest BCUT2D eigenvalue weighted by atomic mass is 10.1. The third kappa shape index (κ3) is 3.75. The largest absolute Gasteiger partial charge is 0.480 e. The van der Waals surface area contributed by atoms with E-state index >= 15 is 0 Å². The van der Waals surface area contributed by atoms with Crippen molar-refractivity contribution in [1.29, 1.82) is 0 Å². The number of hydrogen-bond donors (Lipinski definition) is 2. The van der Waals surface area contributed by atoms with Crippen LogP contribution in [0.1, 0.15) is 5.01 Å². The fraction of sp³-hybridized carbons (Fsp3) is 0.118. The average molecular weight is 344 g/mol. The van der Waals surface area contributed by atoms with Crippen LogP contribution in [0.15, 0.2) is 42.5 Å². The van der Waals surface area contributed by atoms with Crippen LogP contribution in [0.4, 0.5) is 4.39 Å². The summed E-state index contributed by atoms with van der Waals surface area (Å²) in [4.78, 5) is 26.5. The number of halogens is 1. The highest BCUT2D eigenvalue weighted by Crippen LogP contribution is 2.28. The van der Waals surface area contributed by atoms with Gasteiger partial charge in [-0.2, -0.15) is 0 Å². The monoisotopic (exact) mass is 344 g/mol. The zero-order valence-corrected chi connectivity index (χ0v) is 13.3. The van der Waals surface area contributed by atoms with E-state index in [1.54, 1.807) is 6.07 Å². The van der Waals surface area contributed by atoms with E-state index in [1.165, 1.54) is 23.5 Å². The highest BCUT2D eigenvalue weighted by molar-refractivity contribution is 7.18. The number of nitrogens with one attached hydrogen (secondary N) is 1. The molecule has 5 nitrogen and oxygen atoms in total. The van der Waals surface area contributed by atoms with Gasteiger partial charge in [0, 0.05) is 0 Å². The van der Waals surface area contributed by atoms with E-state index in [1.807, 2.05) is 24.3 Å². The number of aromatic nitrogens is 1. The quantitative estimate of drug-likeness (QED) is 0.746. The van der Waals surface area contributed by atoms with Gasteiger partial charge in [0.25, 0.3) is 0 Å². The summed E-state index contributed by atoms with van der Waals surface area (Å²) in [7, 11) is 0. The van der Waals surface area contributed by atoms with Crippen molar-refractivity contribution in [3.63, 3.8) is 0 Å². The normalized spacial score (nSPS) is 10.7. The van der Waals surface area contributed by atoms with E-state index in [0.29, 0.717) is 5.01 Å². The number of carbonyl (C=O) groups excluding carboxylic acids is 1. The summed E-state index contributed by atoms with van der Waals surface area (Å²) in [5.41, 5.74) is 2.39. The zero-order valence-electron chi connectivity index (χ0n) is 12.5. The van der Waals surface area contributed by atoms with Crippen molar-refractivity contribution < 1.29 is 19.1 Å². The van der Waals surface area contributed by atoms with Gasteiger partial charge in [0.05, 0.1) is 16.6 Å². The number of nitrogens with zero attached hydrogens (tertiary/aromatic N) is 1. The second-order valence-corrected chi connectivity index (χ2v) is 6.26. The Hall–Kier alpha value is -2.80. The summed E-state index contributed by atoms with van der Waals surface area (Å²) < 4.78 is 14.2. The van der Waals surface area contributed by atoms with Crippen molar-refractivity contribution in [3.05, 3.63) is 53.3 Å². The molecule has 0 aliphatic heterocycles. The summed E-state index contributed by atoms with van der Waals surface area (Å²) >= 11 is 1.36. The maximum Gasteiger partial charge on any atom is 0.322 e. The van der Waals surface area contributed by atoms with Gasteiger partial charge < -0.3 is 10.4 Å². The van der Waals surface area contributed by atoms with Gasteiger partial charge in [0.2, 0.25) is 5.91 Å². The summed E-state index contributed by atoms with van der Waals surface area (Å²) in [6.45, 7) is -0.409. The first-order valence-corrected chi connectivity index (χ1v) is 7.97. The molecule has 24 heavy (non-hydrogen) atoms. The van der Waals surface area contributed by atoms with Gasteiger partial charge in [-0.25, -0.2) is 9.37 Å². The Kier molecular flexibility index (Phi) is 4.52. The van der Waals surface area contributed by atoms with Crippen LogP contribution in [-0.4, -0.2) is 28.5 Å². The first-order chi connectivity index (χ1) is 11.5. The molecule has 0 bridgehead atoms. The van der Waals surface area contributed by atoms with Gasteiger partial charge in [-0.15, -0.1) is 11.3 Å². The van der Waals surface area contributed by atoms with Crippen molar-refractivity contribution in [2.45, 2.75) is 6.42 Å². The Labute approximate surface area is 140 Å². The van der Waals surface area contributed by atoms with E-state index < -0.39 is 12.5 Å². The summed E-state index contributed by atoms with van der Waals surface area (Å²) in [5, 5.41) is 11.5. The van der Waals surface area contributed by atoms with Crippen molar-refractivity contribution in [1.82, 2.24) is 10.3 Å². The fourth-order valence-electron chi connectivity index (χ4n) is 2.27. The van der Waals surface area contributed by atoms with Crippen LogP contribution in [0.25, 0.3) is 21.3 Å². The lowest BCUT2D eigenvalue weighted by molar-refractivity contribution is -0.137. The van der Waals surface area contributed by atoms with Gasteiger partial charge in [0.1, 0.15) is 17.4 Å². The average Bonchev–Trinajstić information content (AvgIpc) is 2.94. The van der Waals surface area contributed by atoms with E-state index in [4.69, 9.17) is 5.11 Å². The molecule has 122 valence electrons. The smallest absolute Gasteiger partial charge is 0.322 e. The number of benzene rings is 2. The maximum absolute atomic E-state index is 13.3. The second-order valence-electron chi connectivity index (χ2n) is 5.15. The van der Waals surface area contributed by atoms with E-state index in [2.05, 4.69) is 10.3 Å². The molecule has 0 fully saturated rings. The van der Waals surface area contributed by atoms with Gasteiger partial charge in [-0.05, 0) is 35.4 Å². The molecule has 3 aromatic rings. The SMILES string of the molecule is O=C(O)CNC(=O)Cc1nc2ccc(-c3cccc(F)c3)cc2s1. The molecule has 0 saturated heterocycles. The van der Waals surface area contributed by atoms with E-state index in [0.717, 1.165) is 21.3 Å². The Balaban J connectivity index is 1.81.